The van der Waals surface area contributed by atoms with Crippen LogP contribution in [-0.4, -0.2) is 37.6 Å². The fourth-order valence-corrected chi connectivity index (χ4v) is 3.29. The Bertz CT molecular complexity index is 380. The van der Waals surface area contributed by atoms with Crippen molar-refractivity contribution >= 4 is 38.9 Å². The summed E-state index contributed by atoms with van der Waals surface area (Å²) in [5.41, 5.74) is 7.87. The Balaban J connectivity index is 2.18. The summed E-state index contributed by atoms with van der Waals surface area (Å²) in [6.07, 6.45) is 0. The summed E-state index contributed by atoms with van der Waals surface area (Å²) in [5, 5.41) is 0.672. The van der Waals surface area contributed by atoms with Gasteiger partial charge in [0.2, 0.25) is 0 Å². The Morgan fingerprint density at radius 1 is 1.29 bits per heavy atom. The van der Waals surface area contributed by atoms with Crippen LogP contribution >= 0.6 is 27.5 Å². The molecule has 0 bridgehead atoms. The maximum atomic E-state index is 6.05. The summed E-state index contributed by atoms with van der Waals surface area (Å²) in [6.45, 7) is 7.51. The fourth-order valence-electron chi connectivity index (χ4n) is 2.21. The van der Waals surface area contributed by atoms with Gasteiger partial charge in [-0.25, -0.2) is 0 Å². The molecule has 94 valence electrons. The minimum absolute atomic E-state index is 0.672. The smallest absolute Gasteiger partial charge is 0.0746 e. The number of piperazine rings is 1. The number of benzene rings is 1. The van der Waals surface area contributed by atoms with Crippen molar-refractivity contribution in [2.24, 2.45) is 0 Å². The highest BCUT2D eigenvalue weighted by Gasteiger charge is 2.19. The van der Waals surface area contributed by atoms with Gasteiger partial charge in [0, 0.05) is 35.7 Å². The summed E-state index contributed by atoms with van der Waals surface area (Å²) < 4.78 is 0.979. The number of halogens is 2. The van der Waals surface area contributed by atoms with Crippen LogP contribution in [0.3, 0.4) is 0 Å². The minimum Gasteiger partial charge on any atom is -0.397 e. The Hall–Kier alpha value is -0.450. The quantitative estimate of drug-likeness (QED) is 0.851. The first-order valence-electron chi connectivity index (χ1n) is 5.83. The Labute approximate surface area is 116 Å². The van der Waals surface area contributed by atoms with Crippen molar-refractivity contribution in [3.63, 3.8) is 0 Å². The van der Waals surface area contributed by atoms with E-state index in [2.05, 4.69) is 32.7 Å². The monoisotopic (exact) mass is 317 g/mol. The molecule has 1 fully saturated rings. The lowest BCUT2D eigenvalue weighted by Gasteiger charge is -2.36. The van der Waals surface area contributed by atoms with Crippen LogP contribution in [0, 0.1) is 0 Å². The number of likely N-dealkylation sites (N-methyl/N-ethyl adjacent to an activating group) is 1. The Kier molecular flexibility index (Phi) is 4.17. The van der Waals surface area contributed by atoms with Crippen LogP contribution in [0.5, 0.6) is 0 Å². The normalized spacial score (nSPS) is 17.5. The molecule has 1 saturated heterocycles. The second kappa shape index (κ2) is 5.46. The molecule has 0 radical (unpaired) electrons. The average Bonchev–Trinajstić information content (AvgIpc) is 2.28. The van der Waals surface area contributed by atoms with Gasteiger partial charge in [-0.2, -0.15) is 0 Å². The van der Waals surface area contributed by atoms with Crippen molar-refractivity contribution < 1.29 is 0 Å². The third-order valence-corrected chi connectivity index (χ3v) is 4.02. The van der Waals surface area contributed by atoms with E-state index in [0.29, 0.717) is 5.02 Å². The molecule has 1 heterocycles. The lowest BCUT2D eigenvalue weighted by Crippen LogP contribution is -2.46. The highest BCUT2D eigenvalue weighted by Crippen LogP contribution is 2.35. The molecule has 3 nitrogen and oxygen atoms in total. The van der Waals surface area contributed by atoms with Crippen molar-refractivity contribution in [1.29, 1.82) is 0 Å². The largest absolute Gasteiger partial charge is 0.397 e. The van der Waals surface area contributed by atoms with Gasteiger partial charge >= 0.3 is 0 Å². The first-order valence-corrected chi connectivity index (χ1v) is 7.00. The number of nitrogens with zero attached hydrogens (tertiary/aromatic N) is 2. The van der Waals surface area contributed by atoms with E-state index >= 15 is 0 Å². The lowest BCUT2D eigenvalue weighted by molar-refractivity contribution is 0.271. The van der Waals surface area contributed by atoms with Crippen LogP contribution in [0.2, 0.25) is 5.02 Å². The van der Waals surface area contributed by atoms with Crippen molar-refractivity contribution in [3.05, 3.63) is 21.6 Å². The zero-order valence-corrected chi connectivity index (χ0v) is 12.3. The van der Waals surface area contributed by atoms with Gasteiger partial charge in [-0.1, -0.05) is 18.5 Å². The maximum absolute atomic E-state index is 6.05. The van der Waals surface area contributed by atoms with E-state index in [1.807, 2.05) is 12.1 Å². The highest BCUT2D eigenvalue weighted by molar-refractivity contribution is 9.10. The standard InChI is InChI=1S/C12H17BrClN3/c1-2-16-3-5-17(6-4-16)12-10(13)7-9(14)8-11(12)15/h7-8H,2-6,15H2,1H3. The van der Waals surface area contributed by atoms with Crippen LogP contribution < -0.4 is 10.6 Å². The van der Waals surface area contributed by atoms with E-state index in [-0.39, 0.29) is 0 Å². The van der Waals surface area contributed by atoms with Crippen LogP contribution in [0.15, 0.2) is 16.6 Å². The third kappa shape index (κ3) is 2.87. The molecular formula is C12H17BrClN3. The van der Waals surface area contributed by atoms with E-state index in [1.54, 1.807) is 0 Å². The number of hydrogen-bond acceptors (Lipinski definition) is 3. The predicted molar refractivity (Wildman–Crippen MR) is 77.9 cm³/mol. The van der Waals surface area contributed by atoms with Crippen molar-refractivity contribution in [1.82, 2.24) is 4.90 Å². The van der Waals surface area contributed by atoms with Gasteiger partial charge in [-0.15, -0.1) is 0 Å². The minimum atomic E-state index is 0.672. The molecule has 0 amide bonds. The van der Waals surface area contributed by atoms with E-state index in [4.69, 9.17) is 17.3 Å². The molecular weight excluding hydrogens is 302 g/mol. The van der Waals surface area contributed by atoms with E-state index in [0.717, 1.165) is 48.6 Å². The summed E-state index contributed by atoms with van der Waals surface area (Å²) in [4.78, 5) is 4.76. The maximum Gasteiger partial charge on any atom is 0.0746 e. The number of hydrogen-bond donors (Lipinski definition) is 1. The second-order valence-corrected chi connectivity index (χ2v) is 5.54. The van der Waals surface area contributed by atoms with Crippen molar-refractivity contribution in [2.45, 2.75) is 6.92 Å². The summed E-state index contributed by atoms with van der Waals surface area (Å²) >= 11 is 9.52. The molecule has 2 rings (SSSR count). The van der Waals surface area contributed by atoms with Crippen LogP contribution in [-0.2, 0) is 0 Å². The number of nitrogen functional groups attached to an aromatic ring is 1. The van der Waals surface area contributed by atoms with Crippen molar-refractivity contribution in [3.8, 4) is 0 Å². The summed E-state index contributed by atoms with van der Waals surface area (Å²) in [5.74, 6) is 0. The molecule has 0 spiro atoms. The van der Waals surface area contributed by atoms with Crippen LogP contribution in [0.1, 0.15) is 6.92 Å². The molecule has 0 aliphatic carbocycles. The van der Waals surface area contributed by atoms with Gasteiger partial charge < -0.3 is 15.5 Å². The van der Waals surface area contributed by atoms with Gasteiger partial charge in [0.05, 0.1) is 11.4 Å². The van der Waals surface area contributed by atoms with Gasteiger partial charge in [0.15, 0.2) is 0 Å². The van der Waals surface area contributed by atoms with Crippen LogP contribution in [0.4, 0.5) is 11.4 Å². The molecule has 1 aliphatic heterocycles. The number of rotatable bonds is 2. The van der Waals surface area contributed by atoms with E-state index < -0.39 is 0 Å². The van der Waals surface area contributed by atoms with Gasteiger partial charge in [0.25, 0.3) is 0 Å². The summed E-state index contributed by atoms with van der Waals surface area (Å²) in [6, 6.07) is 3.72. The molecule has 1 aliphatic rings. The molecule has 17 heavy (non-hydrogen) atoms. The van der Waals surface area contributed by atoms with Gasteiger partial charge in [0.1, 0.15) is 0 Å². The Morgan fingerprint density at radius 3 is 2.47 bits per heavy atom. The van der Waals surface area contributed by atoms with E-state index in [9.17, 15) is 0 Å². The predicted octanol–water partition coefficient (Wildman–Crippen LogP) is 2.83. The Morgan fingerprint density at radius 2 is 1.94 bits per heavy atom. The molecule has 1 aromatic carbocycles. The molecule has 0 unspecified atom stereocenters. The average molecular weight is 319 g/mol. The molecule has 0 saturated carbocycles. The highest BCUT2D eigenvalue weighted by atomic mass is 79.9. The van der Waals surface area contributed by atoms with Crippen molar-refractivity contribution in [2.75, 3.05) is 43.4 Å². The zero-order chi connectivity index (χ0) is 12.4. The zero-order valence-electron chi connectivity index (χ0n) is 9.92. The number of nitrogens with two attached hydrogens (primary N) is 1. The lowest BCUT2D eigenvalue weighted by atomic mass is 10.2. The molecule has 2 N–H and O–H groups in total. The molecule has 0 atom stereocenters. The first-order chi connectivity index (χ1) is 8.11. The molecule has 0 aromatic heterocycles. The first kappa shape index (κ1) is 13.0. The van der Waals surface area contributed by atoms with E-state index in [1.165, 1.54) is 0 Å². The molecule has 1 aromatic rings. The number of anilines is 2. The topological polar surface area (TPSA) is 32.5 Å². The fraction of sp³-hybridized carbons (Fsp3) is 0.500. The van der Waals surface area contributed by atoms with Gasteiger partial charge in [-0.3, -0.25) is 0 Å². The second-order valence-electron chi connectivity index (χ2n) is 4.25. The van der Waals surface area contributed by atoms with Gasteiger partial charge in [-0.05, 0) is 34.6 Å². The summed E-state index contributed by atoms with van der Waals surface area (Å²) in [7, 11) is 0. The SMILES string of the molecule is CCN1CCN(c2c(N)cc(Cl)cc2Br)CC1. The third-order valence-electron chi connectivity index (χ3n) is 3.19. The van der Waals surface area contributed by atoms with Crippen LogP contribution in [0.25, 0.3) is 0 Å². The molecule has 5 heteroatoms.